The Labute approximate surface area is 101 Å². The Morgan fingerprint density at radius 1 is 1.38 bits per heavy atom. The van der Waals surface area contributed by atoms with E-state index in [9.17, 15) is 0 Å². The van der Waals surface area contributed by atoms with Gasteiger partial charge in [0.25, 0.3) is 0 Å². The lowest BCUT2D eigenvalue weighted by Crippen LogP contribution is -2.08. The van der Waals surface area contributed by atoms with Gasteiger partial charge in [0.15, 0.2) is 0 Å². The number of hydrogen-bond donors (Lipinski definition) is 3. The van der Waals surface area contributed by atoms with Gasteiger partial charge in [0.05, 0.1) is 11.4 Å². The van der Waals surface area contributed by atoms with Crippen molar-refractivity contribution in [2.75, 3.05) is 35.7 Å². The number of nitrogens with two attached hydrogens (primary N) is 1. The summed E-state index contributed by atoms with van der Waals surface area (Å²) >= 11 is 1.85. The smallest absolute Gasteiger partial charge is 0.0603 e. The first-order valence-electron chi connectivity index (χ1n) is 5.53. The van der Waals surface area contributed by atoms with Crippen LogP contribution in [0.1, 0.15) is 12.0 Å². The molecule has 16 heavy (non-hydrogen) atoms. The Balaban J connectivity index is 2.26. The van der Waals surface area contributed by atoms with Gasteiger partial charge in [-0.2, -0.15) is 11.8 Å². The van der Waals surface area contributed by atoms with Crippen LogP contribution in [-0.4, -0.2) is 29.8 Å². The lowest BCUT2D eigenvalue weighted by molar-refractivity contribution is 0.296. The van der Waals surface area contributed by atoms with Crippen molar-refractivity contribution >= 4 is 23.1 Å². The molecule has 0 bridgehead atoms. The number of aryl methyl sites for hydroxylation is 1. The summed E-state index contributed by atoms with van der Waals surface area (Å²) in [6.45, 7) is 3.24. The van der Waals surface area contributed by atoms with Crippen LogP contribution in [0.4, 0.5) is 11.4 Å². The summed E-state index contributed by atoms with van der Waals surface area (Å²) in [7, 11) is 0. The number of nitrogen functional groups attached to an aromatic ring is 1. The predicted molar refractivity (Wildman–Crippen MR) is 73.1 cm³/mol. The number of anilines is 2. The monoisotopic (exact) mass is 240 g/mol. The maximum absolute atomic E-state index is 8.63. The van der Waals surface area contributed by atoms with Gasteiger partial charge < -0.3 is 16.2 Å². The topological polar surface area (TPSA) is 58.3 Å². The molecule has 1 aromatic rings. The van der Waals surface area contributed by atoms with E-state index in [2.05, 4.69) is 18.3 Å². The van der Waals surface area contributed by atoms with E-state index in [1.165, 1.54) is 5.56 Å². The molecule has 1 aromatic carbocycles. The maximum atomic E-state index is 8.63. The Hall–Kier alpha value is -0.870. The lowest BCUT2D eigenvalue weighted by atomic mass is 10.1. The molecule has 0 atom stereocenters. The summed E-state index contributed by atoms with van der Waals surface area (Å²) < 4.78 is 0. The SMILES string of the molecule is Cc1cccc(N)c1NCCSCCCO. The fourth-order valence-corrected chi connectivity index (χ4v) is 2.23. The van der Waals surface area contributed by atoms with Gasteiger partial charge in [0.2, 0.25) is 0 Å². The molecule has 0 fully saturated rings. The highest BCUT2D eigenvalue weighted by molar-refractivity contribution is 7.99. The minimum Gasteiger partial charge on any atom is -0.397 e. The molecule has 0 aliphatic rings. The van der Waals surface area contributed by atoms with Crippen LogP contribution in [0.15, 0.2) is 18.2 Å². The molecule has 0 heterocycles. The maximum Gasteiger partial charge on any atom is 0.0603 e. The number of hydrogen-bond acceptors (Lipinski definition) is 4. The van der Waals surface area contributed by atoms with Gasteiger partial charge in [0.1, 0.15) is 0 Å². The number of nitrogens with one attached hydrogen (secondary N) is 1. The van der Waals surface area contributed by atoms with Crippen molar-refractivity contribution in [3.8, 4) is 0 Å². The average molecular weight is 240 g/mol. The normalized spacial score (nSPS) is 10.4. The van der Waals surface area contributed by atoms with Gasteiger partial charge in [-0.25, -0.2) is 0 Å². The first kappa shape index (κ1) is 13.2. The Morgan fingerprint density at radius 3 is 2.88 bits per heavy atom. The minimum atomic E-state index is 0.283. The highest BCUT2D eigenvalue weighted by atomic mass is 32.2. The Morgan fingerprint density at radius 2 is 2.19 bits per heavy atom. The molecule has 90 valence electrons. The summed E-state index contributed by atoms with van der Waals surface area (Å²) in [4.78, 5) is 0. The van der Waals surface area contributed by atoms with Crippen molar-refractivity contribution < 1.29 is 5.11 Å². The molecular weight excluding hydrogens is 220 g/mol. The van der Waals surface area contributed by atoms with Crippen LogP contribution < -0.4 is 11.1 Å². The first-order valence-corrected chi connectivity index (χ1v) is 6.68. The van der Waals surface area contributed by atoms with Gasteiger partial charge in [-0.15, -0.1) is 0 Å². The predicted octanol–water partition coefficient (Wildman–Crippen LogP) is 2.10. The van der Waals surface area contributed by atoms with Crippen LogP contribution in [0.5, 0.6) is 0 Å². The van der Waals surface area contributed by atoms with E-state index in [0.717, 1.165) is 35.8 Å². The standard InChI is InChI=1S/C12H20N2OS/c1-10-4-2-5-11(13)12(10)14-6-9-16-8-3-7-15/h2,4-5,14-15H,3,6-9,13H2,1H3. The molecule has 0 saturated carbocycles. The molecule has 0 amide bonds. The van der Waals surface area contributed by atoms with E-state index in [1.54, 1.807) is 0 Å². The number of thioether (sulfide) groups is 1. The van der Waals surface area contributed by atoms with Crippen molar-refractivity contribution in [2.45, 2.75) is 13.3 Å². The van der Waals surface area contributed by atoms with Crippen molar-refractivity contribution in [3.05, 3.63) is 23.8 Å². The number of benzene rings is 1. The van der Waals surface area contributed by atoms with Gasteiger partial charge in [-0.1, -0.05) is 12.1 Å². The van der Waals surface area contributed by atoms with Crippen LogP contribution in [0, 0.1) is 6.92 Å². The molecule has 0 saturated heterocycles. The fraction of sp³-hybridized carbons (Fsp3) is 0.500. The second-order valence-corrected chi connectivity index (χ2v) is 4.88. The summed E-state index contributed by atoms with van der Waals surface area (Å²) in [6.07, 6.45) is 0.872. The van der Waals surface area contributed by atoms with Crippen molar-refractivity contribution in [2.24, 2.45) is 0 Å². The van der Waals surface area contributed by atoms with E-state index in [0.29, 0.717) is 0 Å². The van der Waals surface area contributed by atoms with Crippen LogP contribution in [-0.2, 0) is 0 Å². The number of para-hydroxylation sites is 1. The van der Waals surface area contributed by atoms with E-state index < -0.39 is 0 Å². The van der Waals surface area contributed by atoms with E-state index in [1.807, 2.05) is 23.9 Å². The zero-order chi connectivity index (χ0) is 11.8. The van der Waals surface area contributed by atoms with E-state index in [4.69, 9.17) is 10.8 Å². The van der Waals surface area contributed by atoms with Crippen molar-refractivity contribution in [3.63, 3.8) is 0 Å². The van der Waals surface area contributed by atoms with Gasteiger partial charge in [-0.3, -0.25) is 0 Å². The molecule has 0 unspecified atom stereocenters. The highest BCUT2D eigenvalue weighted by Gasteiger charge is 2.00. The van der Waals surface area contributed by atoms with Gasteiger partial charge >= 0.3 is 0 Å². The summed E-state index contributed by atoms with van der Waals surface area (Å²) in [5.74, 6) is 2.05. The van der Waals surface area contributed by atoms with E-state index >= 15 is 0 Å². The second kappa shape index (κ2) is 7.41. The minimum absolute atomic E-state index is 0.283. The van der Waals surface area contributed by atoms with Gasteiger partial charge in [0, 0.05) is 18.9 Å². The molecule has 4 heteroatoms. The fourth-order valence-electron chi connectivity index (χ4n) is 1.45. The first-order chi connectivity index (χ1) is 7.75. The summed E-state index contributed by atoms with van der Waals surface area (Å²) in [6, 6.07) is 5.93. The zero-order valence-electron chi connectivity index (χ0n) is 9.70. The van der Waals surface area contributed by atoms with Crippen LogP contribution >= 0.6 is 11.8 Å². The quantitative estimate of drug-likeness (QED) is 0.504. The molecule has 3 nitrogen and oxygen atoms in total. The number of rotatable bonds is 7. The molecular formula is C12H20N2OS. The van der Waals surface area contributed by atoms with Crippen molar-refractivity contribution in [1.29, 1.82) is 0 Å². The third-order valence-electron chi connectivity index (χ3n) is 2.30. The molecule has 0 aromatic heterocycles. The summed E-state index contributed by atoms with van der Waals surface area (Å²) in [5, 5.41) is 12.0. The van der Waals surface area contributed by atoms with Crippen LogP contribution in [0.25, 0.3) is 0 Å². The Kier molecular flexibility index (Phi) is 6.11. The lowest BCUT2D eigenvalue weighted by Gasteiger charge is -2.11. The highest BCUT2D eigenvalue weighted by Crippen LogP contribution is 2.22. The largest absolute Gasteiger partial charge is 0.397 e. The van der Waals surface area contributed by atoms with Gasteiger partial charge in [-0.05, 0) is 30.7 Å². The summed E-state index contributed by atoms with van der Waals surface area (Å²) in [5.41, 5.74) is 8.91. The molecule has 1 rings (SSSR count). The number of aliphatic hydroxyl groups is 1. The molecule has 4 N–H and O–H groups in total. The molecule has 0 spiro atoms. The molecule has 0 radical (unpaired) electrons. The second-order valence-electron chi connectivity index (χ2n) is 3.66. The third kappa shape index (κ3) is 4.33. The zero-order valence-corrected chi connectivity index (χ0v) is 10.5. The average Bonchev–Trinajstić information content (AvgIpc) is 2.26. The molecule has 0 aliphatic heterocycles. The van der Waals surface area contributed by atoms with Crippen LogP contribution in [0.2, 0.25) is 0 Å². The molecule has 0 aliphatic carbocycles. The van der Waals surface area contributed by atoms with E-state index in [-0.39, 0.29) is 6.61 Å². The Bertz CT molecular complexity index is 298. The van der Waals surface area contributed by atoms with Crippen LogP contribution in [0.3, 0.4) is 0 Å². The third-order valence-corrected chi connectivity index (χ3v) is 3.37. The number of aliphatic hydroxyl groups excluding tert-OH is 1. The van der Waals surface area contributed by atoms with Crippen molar-refractivity contribution in [1.82, 2.24) is 0 Å².